The van der Waals surface area contributed by atoms with E-state index in [0.29, 0.717) is 12.3 Å². The van der Waals surface area contributed by atoms with Crippen molar-refractivity contribution in [2.75, 3.05) is 6.61 Å². The lowest BCUT2D eigenvalue weighted by Gasteiger charge is -2.16. The number of rotatable bonds is 5. The molecule has 0 aliphatic heterocycles. The Morgan fingerprint density at radius 1 is 1.25 bits per heavy atom. The van der Waals surface area contributed by atoms with Crippen LogP contribution in [-0.2, 0) is 6.54 Å². The molecule has 0 aliphatic carbocycles. The van der Waals surface area contributed by atoms with Gasteiger partial charge in [0.05, 0.1) is 6.61 Å². The number of hydrogen-bond acceptors (Lipinski definition) is 3. The van der Waals surface area contributed by atoms with Crippen molar-refractivity contribution in [3.05, 3.63) is 64.1 Å². The molecule has 20 heavy (non-hydrogen) atoms. The van der Waals surface area contributed by atoms with Crippen LogP contribution < -0.4 is 10.3 Å². The van der Waals surface area contributed by atoms with Gasteiger partial charge in [0.2, 0.25) is 0 Å². The molecule has 2 rings (SSSR count). The Bertz CT molecular complexity index is 619. The number of aliphatic hydroxyl groups excluding tert-OH is 1. The highest BCUT2D eigenvalue weighted by atomic mass is 16.5. The third kappa shape index (κ3) is 3.27. The topological polar surface area (TPSA) is 51.5 Å². The van der Waals surface area contributed by atoms with Gasteiger partial charge >= 0.3 is 0 Å². The van der Waals surface area contributed by atoms with Crippen LogP contribution in [0.15, 0.2) is 47.3 Å². The minimum atomic E-state index is -0.158. The number of benzene rings is 1. The summed E-state index contributed by atoms with van der Waals surface area (Å²) in [4.78, 5) is 11.9. The van der Waals surface area contributed by atoms with Crippen molar-refractivity contribution in [2.45, 2.75) is 26.5 Å². The summed E-state index contributed by atoms with van der Waals surface area (Å²) in [7, 11) is 0. The largest absolute Gasteiger partial charge is 0.486 e. The molecule has 0 amide bonds. The third-order valence-electron chi connectivity index (χ3n) is 3.21. The Morgan fingerprint density at radius 3 is 2.55 bits per heavy atom. The van der Waals surface area contributed by atoms with E-state index in [1.165, 1.54) is 10.6 Å². The van der Waals surface area contributed by atoms with Crippen LogP contribution in [0.1, 0.15) is 24.3 Å². The molecule has 106 valence electrons. The first kappa shape index (κ1) is 14.3. The van der Waals surface area contributed by atoms with Gasteiger partial charge in [-0.1, -0.05) is 30.3 Å². The van der Waals surface area contributed by atoms with Crippen molar-refractivity contribution < 1.29 is 9.84 Å². The van der Waals surface area contributed by atoms with E-state index >= 15 is 0 Å². The lowest BCUT2D eigenvalue weighted by atomic mass is 10.1. The predicted molar refractivity (Wildman–Crippen MR) is 78.0 cm³/mol. The average molecular weight is 273 g/mol. The van der Waals surface area contributed by atoms with Gasteiger partial charge in [0.15, 0.2) is 0 Å². The minimum Gasteiger partial charge on any atom is -0.486 e. The monoisotopic (exact) mass is 273 g/mol. The number of pyridine rings is 1. The average Bonchev–Trinajstić information content (AvgIpc) is 2.44. The standard InChI is InChI=1S/C16H19NO3/c1-12-10-15(11-16(19)17(12)8-9-18)20-13(2)14-6-4-3-5-7-14/h3-7,10-11,13,18H,8-9H2,1-2H3. The molecule has 1 heterocycles. The molecule has 1 unspecified atom stereocenters. The van der Waals surface area contributed by atoms with Gasteiger partial charge in [-0.2, -0.15) is 0 Å². The molecule has 0 spiro atoms. The second kappa shape index (κ2) is 6.39. The summed E-state index contributed by atoms with van der Waals surface area (Å²) in [6.07, 6.45) is -0.122. The molecule has 0 fully saturated rings. The summed E-state index contributed by atoms with van der Waals surface area (Å²) < 4.78 is 7.35. The van der Waals surface area contributed by atoms with Crippen LogP contribution in [0.3, 0.4) is 0 Å². The van der Waals surface area contributed by atoms with E-state index in [1.807, 2.05) is 50.2 Å². The maximum atomic E-state index is 11.9. The SMILES string of the molecule is Cc1cc(OC(C)c2ccccc2)cc(=O)n1CCO. The molecule has 2 aromatic rings. The summed E-state index contributed by atoms with van der Waals surface area (Å²) in [5, 5.41) is 8.94. The number of ether oxygens (including phenoxy) is 1. The molecular weight excluding hydrogens is 254 g/mol. The molecule has 4 nitrogen and oxygen atoms in total. The lowest BCUT2D eigenvalue weighted by molar-refractivity contribution is 0.225. The van der Waals surface area contributed by atoms with Gasteiger partial charge in [0.25, 0.3) is 5.56 Å². The van der Waals surface area contributed by atoms with Crippen LogP contribution in [0.25, 0.3) is 0 Å². The molecule has 1 N–H and O–H groups in total. The lowest BCUT2D eigenvalue weighted by Crippen LogP contribution is -2.23. The Morgan fingerprint density at radius 2 is 1.95 bits per heavy atom. The molecule has 0 radical (unpaired) electrons. The van der Waals surface area contributed by atoms with Gasteiger partial charge in [0, 0.05) is 18.3 Å². The van der Waals surface area contributed by atoms with Crippen LogP contribution in [0.5, 0.6) is 5.75 Å². The van der Waals surface area contributed by atoms with Gasteiger partial charge in [-0.15, -0.1) is 0 Å². The molecule has 0 saturated carbocycles. The highest BCUT2D eigenvalue weighted by molar-refractivity contribution is 5.25. The number of aromatic nitrogens is 1. The van der Waals surface area contributed by atoms with Gasteiger partial charge < -0.3 is 14.4 Å². The third-order valence-corrected chi connectivity index (χ3v) is 3.21. The van der Waals surface area contributed by atoms with Crippen molar-refractivity contribution in [1.82, 2.24) is 4.57 Å². The number of hydrogen-bond donors (Lipinski definition) is 1. The normalized spacial score (nSPS) is 12.2. The molecule has 4 heteroatoms. The maximum Gasteiger partial charge on any atom is 0.254 e. The summed E-state index contributed by atoms with van der Waals surface area (Å²) in [6.45, 7) is 4.03. The predicted octanol–water partition coefficient (Wildman–Crippen LogP) is 2.29. The summed E-state index contributed by atoms with van der Waals surface area (Å²) in [5.41, 5.74) is 1.68. The Balaban J connectivity index is 2.20. The summed E-state index contributed by atoms with van der Waals surface area (Å²) in [6, 6.07) is 13.1. The molecule has 0 saturated heterocycles. The number of aryl methyl sites for hydroxylation is 1. The number of aliphatic hydroxyl groups is 1. The number of nitrogens with zero attached hydrogens (tertiary/aromatic N) is 1. The highest BCUT2D eigenvalue weighted by Gasteiger charge is 2.09. The Kier molecular flexibility index (Phi) is 4.58. The van der Waals surface area contributed by atoms with E-state index in [-0.39, 0.29) is 18.3 Å². The van der Waals surface area contributed by atoms with Gasteiger partial charge in [-0.3, -0.25) is 4.79 Å². The zero-order chi connectivity index (χ0) is 14.5. The second-order valence-electron chi connectivity index (χ2n) is 4.72. The first-order valence-electron chi connectivity index (χ1n) is 6.66. The summed E-state index contributed by atoms with van der Waals surface area (Å²) in [5.74, 6) is 0.554. The van der Waals surface area contributed by atoms with Crippen LogP contribution in [0, 0.1) is 6.92 Å². The fourth-order valence-electron chi connectivity index (χ4n) is 2.15. The van der Waals surface area contributed by atoms with E-state index in [4.69, 9.17) is 9.84 Å². The molecule has 1 aromatic heterocycles. The fraction of sp³-hybridized carbons (Fsp3) is 0.312. The zero-order valence-electron chi connectivity index (χ0n) is 11.7. The van der Waals surface area contributed by atoms with E-state index in [0.717, 1.165) is 11.3 Å². The van der Waals surface area contributed by atoms with E-state index in [1.54, 1.807) is 0 Å². The summed E-state index contributed by atoms with van der Waals surface area (Å²) >= 11 is 0. The van der Waals surface area contributed by atoms with Gasteiger partial charge in [-0.05, 0) is 25.5 Å². The van der Waals surface area contributed by atoms with Crippen molar-refractivity contribution in [2.24, 2.45) is 0 Å². The van der Waals surface area contributed by atoms with Crippen LogP contribution >= 0.6 is 0 Å². The van der Waals surface area contributed by atoms with Gasteiger partial charge in [-0.25, -0.2) is 0 Å². The van der Waals surface area contributed by atoms with Gasteiger partial charge in [0.1, 0.15) is 11.9 Å². The van der Waals surface area contributed by atoms with E-state index in [9.17, 15) is 4.79 Å². The Hall–Kier alpha value is -2.07. The molecule has 1 atom stereocenters. The first-order valence-corrected chi connectivity index (χ1v) is 6.66. The smallest absolute Gasteiger partial charge is 0.254 e. The van der Waals surface area contributed by atoms with Crippen molar-refractivity contribution in [3.8, 4) is 5.75 Å². The van der Waals surface area contributed by atoms with Crippen molar-refractivity contribution in [3.63, 3.8) is 0 Å². The fourth-order valence-corrected chi connectivity index (χ4v) is 2.15. The molecule has 0 bridgehead atoms. The molecule has 1 aromatic carbocycles. The second-order valence-corrected chi connectivity index (χ2v) is 4.72. The minimum absolute atomic E-state index is 0.0542. The Labute approximate surface area is 118 Å². The first-order chi connectivity index (χ1) is 9.61. The molecule has 0 aliphatic rings. The van der Waals surface area contributed by atoms with Crippen molar-refractivity contribution >= 4 is 0 Å². The van der Waals surface area contributed by atoms with E-state index < -0.39 is 0 Å². The van der Waals surface area contributed by atoms with Crippen LogP contribution in [0.4, 0.5) is 0 Å². The zero-order valence-corrected chi connectivity index (χ0v) is 11.7. The van der Waals surface area contributed by atoms with Crippen LogP contribution in [-0.4, -0.2) is 16.3 Å². The van der Waals surface area contributed by atoms with Crippen LogP contribution in [0.2, 0.25) is 0 Å². The van der Waals surface area contributed by atoms with Crippen molar-refractivity contribution in [1.29, 1.82) is 0 Å². The quantitative estimate of drug-likeness (QED) is 0.909. The van der Waals surface area contributed by atoms with E-state index in [2.05, 4.69) is 0 Å². The maximum absolute atomic E-state index is 11.9. The molecular formula is C16H19NO3. The highest BCUT2D eigenvalue weighted by Crippen LogP contribution is 2.20.